The molecule has 2 aromatic rings. The van der Waals surface area contributed by atoms with E-state index in [1.807, 2.05) is 0 Å². The minimum atomic E-state index is 0.430. The molecule has 1 aromatic carbocycles. The summed E-state index contributed by atoms with van der Waals surface area (Å²) < 4.78 is 0. The average Bonchev–Trinajstić information content (AvgIpc) is 2.85. The van der Waals surface area contributed by atoms with E-state index in [9.17, 15) is 0 Å². The van der Waals surface area contributed by atoms with Crippen molar-refractivity contribution in [2.75, 3.05) is 13.1 Å². The number of hydrogen-bond donors (Lipinski definition) is 1. The molecule has 1 N–H and O–H groups in total. The molecule has 0 amide bonds. The fourth-order valence-corrected chi connectivity index (χ4v) is 3.40. The summed E-state index contributed by atoms with van der Waals surface area (Å²) in [6.45, 7) is 4.35. The molecular weight excluding hydrogens is 232 g/mol. The topological polar surface area (TPSA) is 19.0 Å². The third-order valence-corrected chi connectivity index (χ3v) is 4.43. The fourth-order valence-electron chi connectivity index (χ4n) is 3.40. The molecular formula is C17H18N2. The average molecular weight is 250 g/mol. The van der Waals surface area contributed by atoms with E-state index < -0.39 is 0 Å². The smallest absolute Gasteiger partial charge is 0.0693 e. The minimum absolute atomic E-state index is 0.430. The quantitative estimate of drug-likeness (QED) is 0.757. The number of para-hydroxylation sites is 1. The largest absolute Gasteiger partial charge is 0.357 e. The van der Waals surface area contributed by atoms with Gasteiger partial charge in [0.15, 0.2) is 0 Å². The number of hydrogen-bond acceptors (Lipinski definition) is 1. The first-order valence-corrected chi connectivity index (χ1v) is 7.04. The SMILES string of the molecule is CC=C1C=CC2c3[nH]c4ccccc4c3CCN2C1. The lowest BCUT2D eigenvalue weighted by molar-refractivity contribution is 0.230. The number of H-pyrrole nitrogens is 1. The van der Waals surface area contributed by atoms with E-state index in [2.05, 4.69) is 59.3 Å². The third-order valence-electron chi connectivity index (χ3n) is 4.43. The van der Waals surface area contributed by atoms with Crippen LogP contribution in [-0.2, 0) is 6.42 Å². The molecule has 0 saturated carbocycles. The molecule has 0 spiro atoms. The van der Waals surface area contributed by atoms with E-state index in [1.165, 1.54) is 27.7 Å². The predicted molar refractivity (Wildman–Crippen MR) is 79.2 cm³/mol. The van der Waals surface area contributed by atoms with Gasteiger partial charge in [-0.3, -0.25) is 4.90 Å². The van der Waals surface area contributed by atoms with Crippen molar-refractivity contribution in [3.63, 3.8) is 0 Å². The van der Waals surface area contributed by atoms with Crippen LogP contribution >= 0.6 is 0 Å². The van der Waals surface area contributed by atoms with Crippen LogP contribution in [0.2, 0.25) is 0 Å². The lowest BCUT2D eigenvalue weighted by atomic mass is 9.93. The zero-order chi connectivity index (χ0) is 12.8. The number of rotatable bonds is 0. The number of nitrogens with one attached hydrogen (secondary N) is 1. The van der Waals surface area contributed by atoms with Crippen LogP contribution in [0.15, 0.2) is 48.1 Å². The summed E-state index contributed by atoms with van der Waals surface area (Å²) >= 11 is 0. The Morgan fingerprint density at radius 3 is 3.11 bits per heavy atom. The van der Waals surface area contributed by atoms with Gasteiger partial charge in [0.2, 0.25) is 0 Å². The van der Waals surface area contributed by atoms with Crippen LogP contribution in [0.25, 0.3) is 10.9 Å². The maximum Gasteiger partial charge on any atom is 0.0693 e. The van der Waals surface area contributed by atoms with E-state index in [0.717, 1.165) is 19.5 Å². The van der Waals surface area contributed by atoms with Crippen LogP contribution in [0.5, 0.6) is 0 Å². The number of allylic oxidation sites excluding steroid dienone is 1. The van der Waals surface area contributed by atoms with Crippen LogP contribution < -0.4 is 0 Å². The second kappa shape index (κ2) is 4.10. The highest BCUT2D eigenvalue weighted by Gasteiger charge is 2.30. The normalized spacial score (nSPS) is 24.7. The molecule has 1 aromatic heterocycles. The molecule has 2 nitrogen and oxygen atoms in total. The molecule has 96 valence electrons. The second-order valence-corrected chi connectivity index (χ2v) is 5.45. The van der Waals surface area contributed by atoms with Gasteiger partial charge in [0.25, 0.3) is 0 Å². The zero-order valence-corrected chi connectivity index (χ0v) is 11.2. The van der Waals surface area contributed by atoms with E-state index in [-0.39, 0.29) is 0 Å². The van der Waals surface area contributed by atoms with E-state index >= 15 is 0 Å². The number of benzene rings is 1. The van der Waals surface area contributed by atoms with Gasteiger partial charge in [0.1, 0.15) is 0 Å². The first kappa shape index (κ1) is 11.1. The minimum Gasteiger partial charge on any atom is -0.357 e. The molecule has 3 heterocycles. The summed E-state index contributed by atoms with van der Waals surface area (Å²) in [6, 6.07) is 9.10. The standard InChI is InChI=1S/C17H18N2/c1-2-12-7-8-16-17-14(9-10-19(16)11-12)13-5-3-4-6-15(13)18-17/h2-8,16,18H,9-11H2,1H3. The molecule has 2 aliphatic heterocycles. The number of aromatic amines is 1. The Balaban J connectivity index is 1.87. The molecule has 2 aliphatic rings. The maximum absolute atomic E-state index is 3.64. The van der Waals surface area contributed by atoms with Crippen molar-refractivity contribution in [2.24, 2.45) is 0 Å². The van der Waals surface area contributed by atoms with Crippen molar-refractivity contribution in [3.8, 4) is 0 Å². The summed E-state index contributed by atoms with van der Waals surface area (Å²) in [5.74, 6) is 0. The van der Waals surface area contributed by atoms with Gasteiger partial charge in [-0.1, -0.05) is 36.4 Å². The summed E-state index contributed by atoms with van der Waals surface area (Å²) in [7, 11) is 0. The molecule has 19 heavy (non-hydrogen) atoms. The molecule has 2 heteroatoms. The Hall–Kier alpha value is -1.80. The van der Waals surface area contributed by atoms with Crippen LogP contribution in [0.1, 0.15) is 24.2 Å². The Morgan fingerprint density at radius 2 is 2.21 bits per heavy atom. The van der Waals surface area contributed by atoms with Gasteiger partial charge in [-0.25, -0.2) is 0 Å². The van der Waals surface area contributed by atoms with Crippen LogP contribution in [0.4, 0.5) is 0 Å². The van der Waals surface area contributed by atoms with Crippen molar-refractivity contribution in [1.82, 2.24) is 9.88 Å². The lowest BCUT2D eigenvalue weighted by Gasteiger charge is -2.37. The van der Waals surface area contributed by atoms with Gasteiger partial charge in [0.05, 0.1) is 6.04 Å². The predicted octanol–water partition coefficient (Wildman–Crippen LogP) is 3.58. The van der Waals surface area contributed by atoms with Crippen molar-refractivity contribution in [1.29, 1.82) is 0 Å². The number of fused-ring (bicyclic) bond motifs is 5. The Labute approximate surface area is 113 Å². The molecule has 4 rings (SSSR count). The van der Waals surface area contributed by atoms with Gasteiger partial charge in [-0.05, 0) is 30.5 Å². The van der Waals surface area contributed by atoms with Gasteiger partial charge in [-0.2, -0.15) is 0 Å². The Kier molecular flexibility index (Phi) is 2.39. The summed E-state index contributed by atoms with van der Waals surface area (Å²) in [5.41, 5.74) is 5.62. The van der Waals surface area contributed by atoms with E-state index in [1.54, 1.807) is 0 Å². The maximum atomic E-state index is 3.64. The highest BCUT2D eigenvalue weighted by atomic mass is 15.2. The van der Waals surface area contributed by atoms with Gasteiger partial charge >= 0.3 is 0 Å². The number of aromatic nitrogens is 1. The van der Waals surface area contributed by atoms with Gasteiger partial charge in [-0.15, -0.1) is 0 Å². The third kappa shape index (κ3) is 1.60. The lowest BCUT2D eigenvalue weighted by Crippen LogP contribution is -2.37. The Morgan fingerprint density at radius 1 is 1.32 bits per heavy atom. The second-order valence-electron chi connectivity index (χ2n) is 5.45. The molecule has 1 atom stereocenters. The monoisotopic (exact) mass is 250 g/mol. The van der Waals surface area contributed by atoms with Crippen molar-refractivity contribution >= 4 is 10.9 Å². The van der Waals surface area contributed by atoms with Crippen molar-refractivity contribution in [3.05, 3.63) is 59.3 Å². The van der Waals surface area contributed by atoms with Crippen LogP contribution in [-0.4, -0.2) is 23.0 Å². The van der Waals surface area contributed by atoms with Crippen molar-refractivity contribution < 1.29 is 0 Å². The molecule has 0 fully saturated rings. The zero-order valence-electron chi connectivity index (χ0n) is 11.2. The molecule has 0 bridgehead atoms. The first-order valence-electron chi connectivity index (χ1n) is 7.04. The molecule has 0 radical (unpaired) electrons. The fraction of sp³-hybridized carbons (Fsp3) is 0.294. The van der Waals surface area contributed by atoms with Crippen molar-refractivity contribution in [2.45, 2.75) is 19.4 Å². The number of nitrogens with zero attached hydrogens (tertiary/aromatic N) is 1. The van der Waals surface area contributed by atoms with Gasteiger partial charge < -0.3 is 4.98 Å². The molecule has 0 saturated heterocycles. The highest BCUT2D eigenvalue weighted by molar-refractivity contribution is 5.85. The molecule has 0 aliphatic carbocycles. The highest BCUT2D eigenvalue weighted by Crippen LogP contribution is 2.37. The van der Waals surface area contributed by atoms with Crippen LogP contribution in [0, 0.1) is 0 Å². The van der Waals surface area contributed by atoms with Crippen LogP contribution in [0.3, 0.4) is 0 Å². The van der Waals surface area contributed by atoms with Gasteiger partial charge in [0, 0.05) is 29.7 Å². The summed E-state index contributed by atoms with van der Waals surface area (Å²) in [5, 5.41) is 1.40. The Bertz CT molecular complexity index is 690. The summed E-state index contributed by atoms with van der Waals surface area (Å²) in [6.07, 6.45) is 7.99. The van der Waals surface area contributed by atoms with E-state index in [4.69, 9.17) is 0 Å². The summed E-state index contributed by atoms with van der Waals surface area (Å²) in [4.78, 5) is 6.20. The molecule has 1 unspecified atom stereocenters. The van der Waals surface area contributed by atoms with E-state index in [0.29, 0.717) is 6.04 Å². The first-order chi connectivity index (χ1) is 9.36.